The summed E-state index contributed by atoms with van der Waals surface area (Å²) in [5.41, 5.74) is 8.15. The van der Waals surface area contributed by atoms with Gasteiger partial charge < -0.3 is 29.4 Å². The van der Waals surface area contributed by atoms with Gasteiger partial charge in [-0.2, -0.15) is 0 Å². The molecule has 0 saturated heterocycles. The lowest BCUT2D eigenvalue weighted by molar-refractivity contribution is -0.114. The average Bonchev–Trinajstić information content (AvgIpc) is 3.07. The predicted octanol–water partition coefficient (Wildman–Crippen LogP) is 6.60. The first-order valence-corrected chi connectivity index (χ1v) is 16.6. The van der Waals surface area contributed by atoms with Gasteiger partial charge in [0.25, 0.3) is 0 Å². The van der Waals surface area contributed by atoms with E-state index in [1.807, 2.05) is 24.3 Å². The van der Waals surface area contributed by atoms with Crippen molar-refractivity contribution >= 4 is 11.6 Å². The summed E-state index contributed by atoms with van der Waals surface area (Å²) in [6.45, 7) is 3.11. The molecule has 0 radical (unpaired) electrons. The molecule has 0 spiro atoms. The van der Waals surface area contributed by atoms with Crippen LogP contribution in [0.4, 0.5) is 5.69 Å². The van der Waals surface area contributed by atoms with Crippen LogP contribution in [0, 0.1) is 0 Å². The van der Waals surface area contributed by atoms with Crippen molar-refractivity contribution in [3.8, 4) is 34.5 Å². The summed E-state index contributed by atoms with van der Waals surface area (Å²) in [4.78, 5) is 16.8. The van der Waals surface area contributed by atoms with E-state index in [0.29, 0.717) is 46.4 Å². The normalized spacial score (nSPS) is 18.9. The van der Waals surface area contributed by atoms with Crippen LogP contribution in [0.15, 0.2) is 60.7 Å². The molecule has 250 valence electrons. The highest BCUT2D eigenvalue weighted by Gasteiger charge is 2.34. The lowest BCUT2D eigenvalue weighted by atomic mass is 9.86. The average molecular weight is 650 g/mol. The lowest BCUT2D eigenvalue weighted by Gasteiger charge is -2.37. The minimum Gasteiger partial charge on any atom is -0.493 e. The van der Waals surface area contributed by atoms with E-state index in [2.05, 4.69) is 65.6 Å². The Balaban J connectivity index is 1.45. The summed E-state index contributed by atoms with van der Waals surface area (Å²) < 4.78 is 25.4. The van der Waals surface area contributed by atoms with Crippen LogP contribution in [0.2, 0.25) is 0 Å². The van der Waals surface area contributed by atoms with Gasteiger partial charge in [-0.05, 0) is 110 Å². The van der Waals surface area contributed by atoms with Crippen molar-refractivity contribution < 1.29 is 28.8 Å². The van der Waals surface area contributed by atoms with E-state index in [-0.39, 0.29) is 24.6 Å². The van der Waals surface area contributed by atoms with Crippen LogP contribution < -0.4 is 24.3 Å². The SMILES string of the molecule is COc1cc2c3cc1Oc1c(OC)c(CO)cc4c1[C@H](Cc1ccc(cc1)Oc1cc(cc(NC(C)=O)c1)C[C@H]3N(C)CC2)N(C)CC4. The van der Waals surface area contributed by atoms with Gasteiger partial charge in [0, 0.05) is 55.0 Å². The van der Waals surface area contributed by atoms with Crippen LogP contribution in [-0.4, -0.2) is 62.2 Å². The first-order chi connectivity index (χ1) is 23.2. The zero-order chi connectivity index (χ0) is 33.5. The molecule has 2 N–H and O–H groups in total. The maximum atomic E-state index is 12.1. The summed E-state index contributed by atoms with van der Waals surface area (Å²) in [6, 6.07) is 20.5. The van der Waals surface area contributed by atoms with Crippen molar-refractivity contribution in [3.63, 3.8) is 0 Å². The van der Waals surface area contributed by atoms with Crippen LogP contribution in [-0.2, 0) is 37.1 Å². The molecular formula is C39H43N3O6. The van der Waals surface area contributed by atoms with E-state index in [9.17, 15) is 9.90 Å². The largest absolute Gasteiger partial charge is 0.493 e. The summed E-state index contributed by atoms with van der Waals surface area (Å²) in [6.07, 6.45) is 3.12. The van der Waals surface area contributed by atoms with E-state index in [0.717, 1.165) is 65.9 Å². The molecule has 0 fully saturated rings. The number of carbonyl (C=O) groups excluding carboxylic acids is 1. The number of nitrogens with one attached hydrogen (secondary N) is 1. The standard InChI is InChI=1S/C39H43N3O6/c1-23(44)40-29-14-25-15-31(20-29)47-30-8-6-24(7-9-30)16-34-37-27(11-13-42(34)3)18-28(22-43)38(46-5)39(37)48-36-21-32-26(19-35(36)45-4)10-12-41(2)33(32)17-25/h6-9,14-15,18-21,33-34,43H,10-13,16-17,22H2,1-5H3,(H,40,44)/t33-,34+/m1/s1. The molecule has 2 atom stereocenters. The second-order valence-electron chi connectivity index (χ2n) is 13.1. The summed E-state index contributed by atoms with van der Waals surface area (Å²) >= 11 is 0. The number of rotatable bonds is 4. The molecule has 0 aliphatic carbocycles. The van der Waals surface area contributed by atoms with E-state index in [1.165, 1.54) is 12.5 Å². The maximum absolute atomic E-state index is 12.1. The number of nitrogens with zero attached hydrogens (tertiary/aromatic N) is 2. The second-order valence-corrected chi connectivity index (χ2v) is 13.1. The molecule has 4 aliphatic rings. The van der Waals surface area contributed by atoms with Crippen molar-refractivity contribution in [2.75, 3.05) is 46.7 Å². The van der Waals surface area contributed by atoms with Gasteiger partial charge in [0.1, 0.15) is 11.5 Å². The van der Waals surface area contributed by atoms with Crippen molar-refractivity contribution in [1.29, 1.82) is 0 Å². The van der Waals surface area contributed by atoms with Crippen LogP contribution in [0.3, 0.4) is 0 Å². The lowest BCUT2D eigenvalue weighted by Crippen LogP contribution is -2.34. The van der Waals surface area contributed by atoms with Crippen LogP contribution in [0.25, 0.3) is 0 Å². The highest BCUT2D eigenvalue weighted by Crippen LogP contribution is 2.49. The number of methoxy groups -OCH3 is 2. The molecule has 6 bridgehead atoms. The Bertz CT molecular complexity index is 1860. The number of carbonyl (C=O) groups is 1. The van der Waals surface area contributed by atoms with E-state index in [4.69, 9.17) is 18.9 Å². The van der Waals surface area contributed by atoms with Gasteiger partial charge in [-0.1, -0.05) is 12.1 Å². The number of fused-ring (bicyclic) bond motifs is 2. The Kier molecular flexibility index (Phi) is 8.76. The van der Waals surface area contributed by atoms with Crippen molar-refractivity contribution in [3.05, 3.63) is 99.6 Å². The molecule has 0 aromatic heterocycles. The highest BCUT2D eigenvalue weighted by molar-refractivity contribution is 5.89. The molecule has 4 aromatic carbocycles. The third-order valence-corrected chi connectivity index (χ3v) is 9.98. The number of anilines is 1. The summed E-state index contributed by atoms with van der Waals surface area (Å²) in [5, 5.41) is 13.4. The number of hydrogen-bond acceptors (Lipinski definition) is 8. The van der Waals surface area contributed by atoms with E-state index in [1.54, 1.807) is 14.2 Å². The predicted molar refractivity (Wildman–Crippen MR) is 185 cm³/mol. The number of likely N-dealkylation sites (N-methyl/N-ethyl adjacent to an activating group) is 2. The number of hydrogen-bond donors (Lipinski definition) is 2. The molecule has 4 heterocycles. The van der Waals surface area contributed by atoms with Crippen molar-refractivity contribution in [2.45, 2.75) is 51.3 Å². The number of aliphatic hydroxyl groups is 1. The molecule has 8 rings (SSSR count). The third kappa shape index (κ3) is 6.09. The van der Waals surface area contributed by atoms with Crippen molar-refractivity contribution in [2.24, 2.45) is 0 Å². The molecule has 4 aliphatic heterocycles. The van der Waals surface area contributed by atoms with Gasteiger partial charge in [0.15, 0.2) is 23.0 Å². The number of amides is 1. The van der Waals surface area contributed by atoms with Crippen molar-refractivity contribution in [1.82, 2.24) is 9.80 Å². The minimum absolute atomic E-state index is 0.00422. The monoisotopic (exact) mass is 649 g/mol. The van der Waals surface area contributed by atoms with Gasteiger partial charge in [-0.15, -0.1) is 0 Å². The fourth-order valence-corrected chi connectivity index (χ4v) is 7.55. The number of aliphatic hydroxyl groups excluding tert-OH is 1. The van der Waals surface area contributed by atoms with Gasteiger partial charge in [0.05, 0.1) is 20.8 Å². The minimum atomic E-state index is -0.164. The van der Waals surface area contributed by atoms with Gasteiger partial charge in [-0.25, -0.2) is 0 Å². The van der Waals surface area contributed by atoms with Gasteiger partial charge in [-0.3, -0.25) is 14.6 Å². The zero-order valence-electron chi connectivity index (χ0n) is 28.3. The second kappa shape index (κ2) is 13.1. The molecular weight excluding hydrogens is 606 g/mol. The van der Waals surface area contributed by atoms with Gasteiger partial charge in [0.2, 0.25) is 5.91 Å². The Labute approximate surface area is 282 Å². The fourth-order valence-electron chi connectivity index (χ4n) is 7.55. The van der Waals surface area contributed by atoms with E-state index >= 15 is 0 Å². The van der Waals surface area contributed by atoms with Crippen LogP contribution >= 0.6 is 0 Å². The van der Waals surface area contributed by atoms with E-state index < -0.39 is 0 Å². The van der Waals surface area contributed by atoms with Crippen LogP contribution in [0.5, 0.6) is 34.5 Å². The Morgan fingerprint density at radius 2 is 1.58 bits per heavy atom. The highest BCUT2D eigenvalue weighted by atomic mass is 16.5. The molecule has 9 heteroatoms. The Morgan fingerprint density at radius 1 is 0.854 bits per heavy atom. The molecule has 0 unspecified atom stereocenters. The zero-order valence-corrected chi connectivity index (χ0v) is 28.3. The first-order valence-electron chi connectivity index (χ1n) is 16.6. The molecule has 48 heavy (non-hydrogen) atoms. The summed E-state index contributed by atoms with van der Waals surface area (Å²) in [5.74, 6) is 3.64. The Morgan fingerprint density at radius 3 is 2.29 bits per heavy atom. The molecule has 0 saturated carbocycles. The third-order valence-electron chi connectivity index (χ3n) is 9.98. The number of ether oxygens (including phenoxy) is 4. The smallest absolute Gasteiger partial charge is 0.221 e. The topological polar surface area (TPSA) is 92.7 Å². The molecule has 9 nitrogen and oxygen atoms in total. The number of benzene rings is 4. The molecule has 4 aromatic rings. The Hall–Kier alpha value is -4.57. The van der Waals surface area contributed by atoms with Gasteiger partial charge >= 0.3 is 0 Å². The maximum Gasteiger partial charge on any atom is 0.221 e. The fraction of sp³-hybridized carbons (Fsp3) is 0.359. The van der Waals surface area contributed by atoms with Crippen LogP contribution in [0.1, 0.15) is 58.0 Å². The first kappa shape index (κ1) is 32.0. The summed E-state index contributed by atoms with van der Waals surface area (Å²) in [7, 11) is 7.59. The quantitative estimate of drug-likeness (QED) is 0.256. The molecule has 1 amide bonds.